The van der Waals surface area contributed by atoms with Crippen LogP contribution in [0.5, 0.6) is 0 Å². The number of amides is 1. The average molecular weight is 621 g/mol. The van der Waals surface area contributed by atoms with Crippen molar-refractivity contribution in [2.45, 2.75) is 42.1 Å². The van der Waals surface area contributed by atoms with Crippen LogP contribution < -0.4 is 5.32 Å². The van der Waals surface area contributed by atoms with Gasteiger partial charge in [0.25, 0.3) is 0 Å². The zero-order chi connectivity index (χ0) is 27.2. The molecular formula is C27H30BrN3O5S2. The monoisotopic (exact) mass is 619 g/mol. The van der Waals surface area contributed by atoms with Crippen LogP contribution in [0.15, 0.2) is 93.1 Å². The quantitative estimate of drug-likeness (QED) is 0.367. The molecule has 0 saturated carbocycles. The summed E-state index contributed by atoms with van der Waals surface area (Å²) < 4.78 is 55.9. The van der Waals surface area contributed by atoms with Crippen molar-refractivity contribution in [3.63, 3.8) is 0 Å². The summed E-state index contributed by atoms with van der Waals surface area (Å²) in [6.45, 7) is 0.871. The van der Waals surface area contributed by atoms with E-state index >= 15 is 0 Å². The van der Waals surface area contributed by atoms with Crippen molar-refractivity contribution in [1.29, 1.82) is 0 Å². The first kappa shape index (κ1) is 28.4. The van der Waals surface area contributed by atoms with E-state index < -0.39 is 26.0 Å². The van der Waals surface area contributed by atoms with Gasteiger partial charge in [0.05, 0.1) is 16.3 Å². The summed E-state index contributed by atoms with van der Waals surface area (Å²) in [6, 6.07) is 21.8. The van der Waals surface area contributed by atoms with E-state index in [4.69, 9.17) is 0 Å². The molecule has 38 heavy (non-hydrogen) atoms. The molecule has 0 atom stereocenters. The van der Waals surface area contributed by atoms with Gasteiger partial charge in [-0.3, -0.25) is 4.79 Å². The SMILES string of the molecule is O=C(CN(Cc1ccccc1)S(=O)(=O)c1ccc(Br)cc1)NCc1ccc(S(=O)(=O)N2CCCCC2)cc1. The van der Waals surface area contributed by atoms with Gasteiger partial charge in [0.15, 0.2) is 0 Å². The number of hydrogen-bond donors (Lipinski definition) is 1. The van der Waals surface area contributed by atoms with Gasteiger partial charge in [-0.2, -0.15) is 8.61 Å². The minimum Gasteiger partial charge on any atom is -0.351 e. The highest BCUT2D eigenvalue weighted by molar-refractivity contribution is 9.10. The highest BCUT2D eigenvalue weighted by atomic mass is 79.9. The van der Waals surface area contributed by atoms with Crippen LogP contribution in [-0.2, 0) is 37.9 Å². The Morgan fingerprint density at radius 3 is 2.03 bits per heavy atom. The lowest BCUT2D eigenvalue weighted by Gasteiger charge is -2.25. The van der Waals surface area contributed by atoms with Crippen molar-refractivity contribution < 1.29 is 21.6 Å². The van der Waals surface area contributed by atoms with Gasteiger partial charge in [-0.1, -0.05) is 64.8 Å². The maximum absolute atomic E-state index is 13.4. The van der Waals surface area contributed by atoms with E-state index in [1.165, 1.54) is 16.4 Å². The lowest BCUT2D eigenvalue weighted by molar-refractivity contribution is -0.121. The second-order valence-corrected chi connectivity index (χ2v) is 13.9. The zero-order valence-electron chi connectivity index (χ0n) is 20.8. The van der Waals surface area contributed by atoms with Gasteiger partial charge in [-0.25, -0.2) is 16.8 Å². The third-order valence-corrected chi connectivity index (χ3v) is 10.6. The topological polar surface area (TPSA) is 104 Å². The molecule has 8 nitrogen and oxygen atoms in total. The molecule has 1 N–H and O–H groups in total. The van der Waals surface area contributed by atoms with Gasteiger partial charge in [0.2, 0.25) is 26.0 Å². The Hall–Kier alpha value is -2.57. The molecule has 1 heterocycles. The van der Waals surface area contributed by atoms with Crippen LogP contribution in [-0.4, -0.2) is 51.0 Å². The fourth-order valence-electron chi connectivity index (χ4n) is 4.22. The number of rotatable bonds is 10. The molecule has 1 aliphatic heterocycles. The molecule has 4 rings (SSSR count). The Kier molecular flexibility index (Phi) is 9.37. The number of sulfonamides is 2. The number of hydrogen-bond acceptors (Lipinski definition) is 5. The fourth-order valence-corrected chi connectivity index (χ4v) is 7.38. The Bertz CT molecular complexity index is 1440. The van der Waals surface area contributed by atoms with Crippen molar-refractivity contribution in [2.24, 2.45) is 0 Å². The summed E-state index contributed by atoms with van der Waals surface area (Å²) in [5, 5.41) is 2.76. The van der Waals surface area contributed by atoms with Crippen LogP contribution in [0.3, 0.4) is 0 Å². The molecule has 1 saturated heterocycles. The maximum atomic E-state index is 13.4. The van der Waals surface area contributed by atoms with E-state index in [-0.39, 0.29) is 29.4 Å². The Morgan fingerprint density at radius 2 is 1.39 bits per heavy atom. The average Bonchev–Trinajstić information content (AvgIpc) is 2.93. The minimum absolute atomic E-state index is 0.0374. The first-order chi connectivity index (χ1) is 18.2. The van der Waals surface area contributed by atoms with Crippen LogP contribution in [0.1, 0.15) is 30.4 Å². The van der Waals surface area contributed by atoms with E-state index in [9.17, 15) is 21.6 Å². The molecule has 0 bridgehead atoms. The smallest absolute Gasteiger partial charge is 0.243 e. The molecule has 0 aromatic heterocycles. The molecule has 0 aliphatic carbocycles. The Labute approximate surface area is 232 Å². The standard InChI is InChI=1S/C27H30BrN3O5S2/c28-24-11-15-26(16-12-24)38(35,36)31(20-23-7-3-1-4-8-23)21-27(32)29-19-22-9-13-25(14-10-22)37(33,34)30-17-5-2-6-18-30/h1,3-4,7-16H,2,5-6,17-21H2,(H,29,32). The number of carbonyl (C=O) groups excluding carboxylic acids is 1. The number of halogens is 1. The first-order valence-corrected chi connectivity index (χ1v) is 16.0. The molecular weight excluding hydrogens is 590 g/mol. The van der Waals surface area contributed by atoms with E-state index in [1.807, 2.05) is 30.3 Å². The first-order valence-electron chi connectivity index (χ1n) is 12.3. The van der Waals surface area contributed by atoms with E-state index in [0.29, 0.717) is 18.7 Å². The van der Waals surface area contributed by atoms with Gasteiger partial charge in [0, 0.05) is 30.7 Å². The van der Waals surface area contributed by atoms with Crippen molar-refractivity contribution in [3.05, 3.63) is 94.5 Å². The summed E-state index contributed by atoms with van der Waals surface area (Å²) in [5.41, 5.74) is 1.47. The molecule has 0 radical (unpaired) electrons. The van der Waals surface area contributed by atoms with Gasteiger partial charge in [-0.05, 0) is 60.4 Å². The summed E-state index contributed by atoms with van der Waals surface area (Å²) in [6.07, 6.45) is 2.77. The van der Waals surface area contributed by atoms with Gasteiger partial charge < -0.3 is 5.32 Å². The summed E-state index contributed by atoms with van der Waals surface area (Å²) in [5.74, 6) is -0.466. The Balaban J connectivity index is 1.43. The molecule has 3 aromatic rings. The van der Waals surface area contributed by atoms with Crippen LogP contribution in [0.2, 0.25) is 0 Å². The molecule has 1 aliphatic rings. The zero-order valence-corrected chi connectivity index (χ0v) is 24.0. The second kappa shape index (κ2) is 12.5. The van der Waals surface area contributed by atoms with Crippen LogP contribution in [0.25, 0.3) is 0 Å². The maximum Gasteiger partial charge on any atom is 0.243 e. The molecule has 3 aromatic carbocycles. The molecule has 1 amide bonds. The lowest BCUT2D eigenvalue weighted by atomic mass is 10.2. The van der Waals surface area contributed by atoms with Crippen molar-refractivity contribution in [2.75, 3.05) is 19.6 Å². The highest BCUT2D eigenvalue weighted by Gasteiger charge is 2.28. The van der Waals surface area contributed by atoms with E-state index in [1.54, 1.807) is 36.4 Å². The molecule has 0 spiro atoms. The van der Waals surface area contributed by atoms with Crippen molar-refractivity contribution >= 4 is 41.9 Å². The predicted octanol–water partition coefficient (Wildman–Crippen LogP) is 4.13. The summed E-state index contributed by atoms with van der Waals surface area (Å²) >= 11 is 3.31. The number of carbonyl (C=O) groups is 1. The van der Waals surface area contributed by atoms with Crippen molar-refractivity contribution in [3.8, 4) is 0 Å². The normalized spacial score (nSPS) is 14.9. The predicted molar refractivity (Wildman–Crippen MR) is 149 cm³/mol. The fraction of sp³-hybridized carbons (Fsp3) is 0.296. The molecule has 0 unspecified atom stereocenters. The highest BCUT2D eigenvalue weighted by Crippen LogP contribution is 2.22. The van der Waals surface area contributed by atoms with Gasteiger partial charge >= 0.3 is 0 Å². The summed E-state index contributed by atoms with van der Waals surface area (Å²) in [4.78, 5) is 13.2. The number of benzene rings is 3. The summed E-state index contributed by atoms with van der Waals surface area (Å²) in [7, 11) is -7.48. The van der Waals surface area contributed by atoms with E-state index in [2.05, 4.69) is 21.2 Å². The number of piperidine rings is 1. The number of nitrogens with zero attached hydrogens (tertiary/aromatic N) is 2. The van der Waals surface area contributed by atoms with Crippen molar-refractivity contribution in [1.82, 2.24) is 13.9 Å². The van der Waals surface area contributed by atoms with Crippen LogP contribution >= 0.6 is 15.9 Å². The van der Waals surface area contributed by atoms with Crippen LogP contribution in [0.4, 0.5) is 0 Å². The number of nitrogens with one attached hydrogen (secondary N) is 1. The minimum atomic E-state index is -3.95. The largest absolute Gasteiger partial charge is 0.351 e. The third-order valence-electron chi connectivity index (χ3n) is 6.34. The van der Waals surface area contributed by atoms with E-state index in [0.717, 1.165) is 33.6 Å². The van der Waals surface area contributed by atoms with Gasteiger partial charge in [-0.15, -0.1) is 0 Å². The molecule has 11 heteroatoms. The van der Waals surface area contributed by atoms with Crippen LogP contribution in [0, 0.1) is 0 Å². The second-order valence-electron chi connectivity index (χ2n) is 9.10. The molecule has 202 valence electrons. The third kappa shape index (κ3) is 7.09. The lowest BCUT2D eigenvalue weighted by Crippen LogP contribution is -2.40. The van der Waals surface area contributed by atoms with Gasteiger partial charge in [0.1, 0.15) is 0 Å². The Morgan fingerprint density at radius 1 is 0.789 bits per heavy atom. The molecule has 1 fully saturated rings.